The highest BCUT2D eigenvalue weighted by atomic mass is 19.1. The number of nitrogens with one attached hydrogen (secondary N) is 3. The second-order valence-corrected chi connectivity index (χ2v) is 5.41. The van der Waals surface area contributed by atoms with Crippen LogP contribution >= 0.6 is 0 Å². The van der Waals surface area contributed by atoms with Crippen molar-refractivity contribution in [1.82, 2.24) is 15.5 Å². The number of halogens is 1. The van der Waals surface area contributed by atoms with E-state index in [1.807, 2.05) is 0 Å². The first-order valence-electron chi connectivity index (χ1n) is 7.55. The fourth-order valence-electron chi connectivity index (χ4n) is 2.35. The van der Waals surface area contributed by atoms with Crippen LogP contribution in [0.25, 0.3) is 0 Å². The van der Waals surface area contributed by atoms with Gasteiger partial charge in [0.2, 0.25) is 11.8 Å². The van der Waals surface area contributed by atoms with E-state index < -0.39 is 11.9 Å². The average Bonchev–Trinajstić information content (AvgIpc) is 3.02. The van der Waals surface area contributed by atoms with Crippen LogP contribution in [-0.2, 0) is 9.59 Å². The van der Waals surface area contributed by atoms with Crippen molar-refractivity contribution in [2.75, 3.05) is 31.5 Å². The van der Waals surface area contributed by atoms with Gasteiger partial charge in [0.15, 0.2) is 0 Å². The third-order valence-electron chi connectivity index (χ3n) is 3.60. The Morgan fingerprint density at radius 2 is 1.96 bits per heavy atom. The monoisotopic (exact) mass is 337 g/mol. The van der Waals surface area contributed by atoms with Crippen molar-refractivity contribution in [3.8, 4) is 0 Å². The second-order valence-electron chi connectivity index (χ2n) is 5.41. The maximum atomic E-state index is 12.8. The first-order valence-corrected chi connectivity index (χ1v) is 7.55. The minimum Gasteiger partial charge on any atom is -0.346 e. The molecule has 1 unspecified atom stereocenters. The number of carbonyl (C=O) groups is 3. The SMILES string of the molecule is NCC(=O)NCC(=O)N1CCC(NC(=O)Nc2ccc(F)cc2)C1. The maximum absolute atomic E-state index is 12.8. The Hall–Kier alpha value is -2.68. The summed E-state index contributed by atoms with van der Waals surface area (Å²) in [6.45, 7) is 0.596. The molecule has 24 heavy (non-hydrogen) atoms. The van der Waals surface area contributed by atoms with E-state index in [-0.39, 0.29) is 30.9 Å². The molecule has 5 N–H and O–H groups in total. The van der Waals surface area contributed by atoms with Crippen molar-refractivity contribution < 1.29 is 18.8 Å². The smallest absolute Gasteiger partial charge is 0.319 e. The molecule has 8 nitrogen and oxygen atoms in total. The van der Waals surface area contributed by atoms with Gasteiger partial charge in [0.1, 0.15) is 5.82 Å². The summed E-state index contributed by atoms with van der Waals surface area (Å²) in [6, 6.07) is 4.82. The van der Waals surface area contributed by atoms with Gasteiger partial charge in [0.05, 0.1) is 13.1 Å². The molecule has 9 heteroatoms. The number of anilines is 1. The fraction of sp³-hybridized carbons (Fsp3) is 0.400. The van der Waals surface area contributed by atoms with E-state index in [1.54, 1.807) is 4.90 Å². The lowest BCUT2D eigenvalue weighted by Gasteiger charge is -2.17. The molecular formula is C15H20FN5O3. The van der Waals surface area contributed by atoms with Crippen LogP contribution in [0.4, 0.5) is 14.9 Å². The van der Waals surface area contributed by atoms with Gasteiger partial charge in [0, 0.05) is 24.8 Å². The summed E-state index contributed by atoms with van der Waals surface area (Å²) < 4.78 is 12.8. The van der Waals surface area contributed by atoms with Gasteiger partial charge in [0.25, 0.3) is 0 Å². The predicted octanol–water partition coefficient (Wildman–Crippen LogP) is -0.377. The lowest BCUT2D eigenvalue weighted by atomic mass is 10.3. The maximum Gasteiger partial charge on any atom is 0.319 e. The third-order valence-corrected chi connectivity index (χ3v) is 3.60. The first-order chi connectivity index (χ1) is 11.5. The minimum atomic E-state index is -0.419. The number of rotatable bonds is 5. The highest BCUT2D eigenvalue weighted by Crippen LogP contribution is 2.11. The largest absolute Gasteiger partial charge is 0.346 e. The molecule has 0 aromatic heterocycles. The van der Waals surface area contributed by atoms with Crippen LogP contribution in [0.5, 0.6) is 0 Å². The van der Waals surface area contributed by atoms with E-state index in [9.17, 15) is 18.8 Å². The Morgan fingerprint density at radius 1 is 1.25 bits per heavy atom. The number of carbonyl (C=O) groups excluding carboxylic acids is 3. The van der Waals surface area contributed by atoms with E-state index in [1.165, 1.54) is 24.3 Å². The summed E-state index contributed by atoms with van der Waals surface area (Å²) in [4.78, 5) is 36.4. The van der Waals surface area contributed by atoms with E-state index >= 15 is 0 Å². The Balaban J connectivity index is 1.74. The molecule has 0 spiro atoms. The second kappa shape index (κ2) is 8.25. The fourth-order valence-corrected chi connectivity index (χ4v) is 2.35. The quantitative estimate of drug-likeness (QED) is 0.586. The van der Waals surface area contributed by atoms with Gasteiger partial charge in [-0.05, 0) is 30.7 Å². The number of hydrogen-bond acceptors (Lipinski definition) is 4. The molecule has 0 bridgehead atoms. The summed E-state index contributed by atoms with van der Waals surface area (Å²) in [5.74, 6) is -0.997. The predicted molar refractivity (Wildman–Crippen MR) is 85.6 cm³/mol. The van der Waals surface area contributed by atoms with Crippen LogP contribution in [0.3, 0.4) is 0 Å². The van der Waals surface area contributed by atoms with Crippen LogP contribution < -0.4 is 21.7 Å². The summed E-state index contributed by atoms with van der Waals surface area (Å²) in [7, 11) is 0. The summed E-state index contributed by atoms with van der Waals surface area (Å²) in [5, 5.41) is 7.77. The summed E-state index contributed by atoms with van der Waals surface area (Å²) >= 11 is 0. The zero-order valence-corrected chi connectivity index (χ0v) is 13.0. The number of benzene rings is 1. The Kier molecular flexibility index (Phi) is 6.07. The minimum absolute atomic E-state index is 0.107. The van der Waals surface area contributed by atoms with Crippen LogP contribution in [0, 0.1) is 5.82 Å². The van der Waals surface area contributed by atoms with E-state index in [0.29, 0.717) is 25.2 Å². The lowest BCUT2D eigenvalue weighted by Crippen LogP contribution is -2.43. The molecule has 1 aromatic carbocycles. The molecule has 1 aromatic rings. The molecule has 1 atom stereocenters. The zero-order chi connectivity index (χ0) is 17.5. The van der Waals surface area contributed by atoms with Crippen LogP contribution in [0.1, 0.15) is 6.42 Å². The Bertz CT molecular complexity index is 608. The first kappa shape index (κ1) is 17.7. The van der Waals surface area contributed by atoms with Gasteiger partial charge in [-0.1, -0.05) is 0 Å². The van der Waals surface area contributed by atoms with Crippen molar-refractivity contribution in [3.05, 3.63) is 30.1 Å². The summed E-state index contributed by atoms with van der Waals surface area (Å²) in [5.41, 5.74) is 5.62. The van der Waals surface area contributed by atoms with E-state index in [4.69, 9.17) is 5.73 Å². The molecule has 1 heterocycles. The molecule has 0 radical (unpaired) electrons. The van der Waals surface area contributed by atoms with Gasteiger partial charge in [-0.25, -0.2) is 9.18 Å². The number of amides is 4. The highest BCUT2D eigenvalue weighted by Gasteiger charge is 2.27. The lowest BCUT2D eigenvalue weighted by molar-refractivity contribution is -0.131. The molecule has 1 fully saturated rings. The van der Waals surface area contributed by atoms with Gasteiger partial charge in [-0.3, -0.25) is 9.59 Å². The van der Waals surface area contributed by atoms with Crippen molar-refractivity contribution in [1.29, 1.82) is 0 Å². The van der Waals surface area contributed by atoms with E-state index in [2.05, 4.69) is 16.0 Å². The van der Waals surface area contributed by atoms with Gasteiger partial charge in [-0.15, -0.1) is 0 Å². The molecule has 0 aliphatic carbocycles. The number of nitrogens with zero attached hydrogens (tertiary/aromatic N) is 1. The molecule has 0 saturated carbocycles. The molecule has 1 saturated heterocycles. The van der Waals surface area contributed by atoms with Crippen molar-refractivity contribution >= 4 is 23.5 Å². The zero-order valence-electron chi connectivity index (χ0n) is 13.0. The molecule has 1 aliphatic rings. The Morgan fingerprint density at radius 3 is 2.62 bits per heavy atom. The van der Waals surface area contributed by atoms with Crippen molar-refractivity contribution in [3.63, 3.8) is 0 Å². The number of nitrogens with two attached hydrogens (primary N) is 1. The molecule has 130 valence electrons. The standard InChI is InChI=1S/C15H20FN5O3/c16-10-1-3-11(4-2-10)19-15(24)20-12-5-6-21(9-12)14(23)8-18-13(22)7-17/h1-4,12H,5-9,17H2,(H,18,22)(H2,19,20,24). The molecule has 1 aliphatic heterocycles. The van der Waals surface area contributed by atoms with Crippen molar-refractivity contribution in [2.45, 2.75) is 12.5 Å². The number of likely N-dealkylation sites (tertiary alicyclic amines) is 1. The molecule has 4 amide bonds. The highest BCUT2D eigenvalue weighted by molar-refractivity contribution is 5.89. The van der Waals surface area contributed by atoms with Gasteiger partial charge in [-0.2, -0.15) is 0 Å². The number of urea groups is 1. The average molecular weight is 337 g/mol. The van der Waals surface area contributed by atoms with Crippen LogP contribution in [0.15, 0.2) is 24.3 Å². The van der Waals surface area contributed by atoms with E-state index in [0.717, 1.165) is 0 Å². The van der Waals surface area contributed by atoms with Gasteiger partial charge < -0.3 is 26.6 Å². The van der Waals surface area contributed by atoms with Crippen molar-refractivity contribution in [2.24, 2.45) is 5.73 Å². The summed E-state index contributed by atoms with van der Waals surface area (Å²) in [6.07, 6.45) is 0.618. The Labute approximate surface area is 138 Å². The normalized spacial score (nSPS) is 16.6. The number of hydrogen-bond donors (Lipinski definition) is 4. The van der Waals surface area contributed by atoms with Crippen LogP contribution in [-0.4, -0.2) is 55.0 Å². The topological polar surface area (TPSA) is 117 Å². The van der Waals surface area contributed by atoms with Crippen LogP contribution in [0.2, 0.25) is 0 Å². The third kappa shape index (κ3) is 5.20. The molecule has 2 rings (SSSR count). The molecular weight excluding hydrogens is 317 g/mol. The van der Waals surface area contributed by atoms with Gasteiger partial charge >= 0.3 is 6.03 Å².